The van der Waals surface area contributed by atoms with E-state index in [9.17, 15) is 0 Å². The van der Waals surface area contributed by atoms with Crippen LogP contribution in [0.5, 0.6) is 0 Å². The topological polar surface area (TPSA) is 0 Å². The minimum Gasteiger partial charge on any atom is -0.103 e. The van der Waals surface area contributed by atoms with E-state index in [4.69, 9.17) is 0 Å². The van der Waals surface area contributed by atoms with Gasteiger partial charge < -0.3 is 0 Å². The Balaban J connectivity index is 3.01. The largest absolute Gasteiger partial charge is 0.103 e. The molecule has 0 fully saturated rings. The standard InChI is InChI=1S/C26H48/c1-3-5-7-9-11-13-15-17-19-21-23-25-26-24-22-20-18-16-14-12-10-8-6-4-2/h1-9,11,13-26H2. The van der Waals surface area contributed by atoms with E-state index in [0.29, 0.717) is 0 Å². The summed E-state index contributed by atoms with van der Waals surface area (Å²) in [6.45, 7) is 7.75. The third kappa shape index (κ3) is 23.6. The maximum absolute atomic E-state index is 3.90. The zero-order valence-electron chi connectivity index (χ0n) is 18.0. The van der Waals surface area contributed by atoms with Crippen LogP contribution in [-0.2, 0) is 0 Å². The van der Waals surface area contributed by atoms with Gasteiger partial charge in [-0.05, 0) is 12.8 Å². The van der Waals surface area contributed by atoms with Crippen molar-refractivity contribution < 1.29 is 0 Å². The Morgan fingerprint density at radius 1 is 0.308 bits per heavy atom. The summed E-state index contributed by atoms with van der Waals surface area (Å²) in [5.74, 6) is 6.55. The van der Waals surface area contributed by atoms with Crippen molar-refractivity contribution in [3.63, 3.8) is 0 Å². The van der Waals surface area contributed by atoms with Gasteiger partial charge in [0.25, 0.3) is 0 Å². The molecule has 0 amide bonds. The summed E-state index contributed by atoms with van der Waals surface area (Å²) in [6.07, 6.45) is 29.7. The second kappa shape index (κ2) is 24.6. The van der Waals surface area contributed by atoms with Crippen LogP contribution in [0, 0.1) is 25.7 Å². The van der Waals surface area contributed by atoms with Crippen molar-refractivity contribution in [3.05, 3.63) is 13.8 Å². The van der Waals surface area contributed by atoms with Gasteiger partial charge in [0.15, 0.2) is 0 Å². The Labute approximate surface area is 167 Å². The van der Waals surface area contributed by atoms with Crippen LogP contribution in [0.3, 0.4) is 0 Å². The monoisotopic (exact) mass is 360 g/mol. The number of unbranched alkanes of at least 4 members (excludes halogenated alkanes) is 20. The zero-order chi connectivity index (χ0) is 19.0. The van der Waals surface area contributed by atoms with E-state index in [0.717, 1.165) is 32.1 Å². The molecule has 0 heterocycles. The van der Waals surface area contributed by atoms with Crippen molar-refractivity contribution in [1.29, 1.82) is 0 Å². The van der Waals surface area contributed by atoms with Crippen LogP contribution in [0.1, 0.15) is 141 Å². The van der Waals surface area contributed by atoms with E-state index >= 15 is 0 Å². The molecule has 0 nitrogen and oxygen atoms in total. The highest BCUT2D eigenvalue weighted by Gasteiger charge is 1.94. The highest BCUT2D eigenvalue weighted by Crippen LogP contribution is 2.14. The molecule has 0 aliphatic heterocycles. The maximum atomic E-state index is 3.90. The van der Waals surface area contributed by atoms with Gasteiger partial charge in [-0.1, -0.05) is 129 Å². The minimum absolute atomic E-state index is 1.02. The molecule has 0 saturated carbocycles. The fourth-order valence-corrected chi connectivity index (χ4v) is 3.43. The Bertz CT molecular complexity index is 293. The quantitative estimate of drug-likeness (QED) is 0.150. The molecule has 0 atom stereocenters. The number of hydrogen-bond acceptors (Lipinski definition) is 0. The molecule has 0 bridgehead atoms. The van der Waals surface area contributed by atoms with Crippen LogP contribution in [0.15, 0.2) is 0 Å². The lowest BCUT2D eigenvalue weighted by Gasteiger charge is -2.03. The Kier molecular flexibility index (Phi) is 24.1. The smallest absolute Gasteiger partial charge is 0.00886 e. The van der Waals surface area contributed by atoms with E-state index in [1.807, 2.05) is 0 Å². The summed E-state index contributed by atoms with van der Waals surface area (Å²) in [7, 11) is 0. The highest BCUT2D eigenvalue weighted by atomic mass is 14.0. The van der Waals surface area contributed by atoms with Crippen molar-refractivity contribution in [3.8, 4) is 11.8 Å². The molecule has 0 spiro atoms. The first-order valence-electron chi connectivity index (χ1n) is 12.0. The van der Waals surface area contributed by atoms with Gasteiger partial charge in [-0.3, -0.25) is 0 Å². The molecule has 0 aliphatic rings. The van der Waals surface area contributed by atoms with Gasteiger partial charge in [-0.25, -0.2) is 0 Å². The predicted molar refractivity (Wildman–Crippen MR) is 120 cm³/mol. The van der Waals surface area contributed by atoms with Crippen molar-refractivity contribution in [2.75, 3.05) is 0 Å². The predicted octanol–water partition coefficient (Wildman–Crippen LogP) is 9.24. The summed E-state index contributed by atoms with van der Waals surface area (Å²) in [5.41, 5.74) is 0. The summed E-state index contributed by atoms with van der Waals surface area (Å²) >= 11 is 0. The average Bonchev–Trinajstić information content (AvgIpc) is 2.66. The van der Waals surface area contributed by atoms with Crippen LogP contribution in [0.25, 0.3) is 0 Å². The maximum Gasteiger partial charge on any atom is 0.00886 e. The summed E-state index contributed by atoms with van der Waals surface area (Å²) < 4.78 is 0. The lowest BCUT2D eigenvalue weighted by atomic mass is 10.0. The second-order valence-electron chi connectivity index (χ2n) is 7.92. The SMILES string of the molecule is [CH2]CCCC#CCCCCCCCCCCCCCCCCCCC[CH2]. The van der Waals surface area contributed by atoms with Crippen LogP contribution in [-0.4, -0.2) is 0 Å². The van der Waals surface area contributed by atoms with Gasteiger partial charge >= 0.3 is 0 Å². The molecule has 0 aromatic heterocycles. The van der Waals surface area contributed by atoms with Gasteiger partial charge in [0, 0.05) is 12.8 Å². The van der Waals surface area contributed by atoms with Crippen LogP contribution in [0.4, 0.5) is 0 Å². The van der Waals surface area contributed by atoms with E-state index in [-0.39, 0.29) is 0 Å². The summed E-state index contributed by atoms with van der Waals surface area (Å²) in [6, 6.07) is 0. The van der Waals surface area contributed by atoms with E-state index in [2.05, 4.69) is 25.7 Å². The molecular formula is C26H48. The first-order chi connectivity index (χ1) is 12.9. The average molecular weight is 361 g/mol. The van der Waals surface area contributed by atoms with Crippen molar-refractivity contribution in [2.45, 2.75) is 141 Å². The normalized spacial score (nSPS) is 10.7. The molecular weight excluding hydrogens is 312 g/mol. The van der Waals surface area contributed by atoms with Crippen LogP contribution in [0.2, 0.25) is 0 Å². The third-order valence-electron chi connectivity index (χ3n) is 5.23. The van der Waals surface area contributed by atoms with Gasteiger partial charge in [0.05, 0.1) is 0 Å². The molecule has 152 valence electrons. The van der Waals surface area contributed by atoms with E-state index in [1.165, 1.54) is 109 Å². The third-order valence-corrected chi connectivity index (χ3v) is 5.23. The van der Waals surface area contributed by atoms with Crippen LogP contribution < -0.4 is 0 Å². The fraction of sp³-hybridized carbons (Fsp3) is 0.846. The summed E-state index contributed by atoms with van der Waals surface area (Å²) in [4.78, 5) is 0. The molecule has 26 heavy (non-hydrogen) atoms. The van der Waals surface area contributed by atoms with Crippen molar-refractivity contribution in [2.24, 2.45) is 0 Å². The molecule has 0 N–H and O–H groups in total. The fourth-order valence-electron chi connectivity index (χ4n) is 3.43. The molecule has 0 saturated heterocycles. The molecule has 0 aliphatic carbocycles. The minimum atomic E-state index is 1.02. The number of rotatable bonds is 20. The first kappa shape index (κ1) is 25.6. The van der Waals surface area contributed by atoms with E-state index < -0.39 is 0 Å². The van der Waals surface area contributed by atoms with Gasteiger partial charge in [-0.2, -0.15) is 0 Å². The van der Waals surface area contributed by atoms with Crippen molar-refractivity contribution >= 4 is 0 Å². The lowest BCUT2D eigenvalue weighted by molar-refractivity contribution is 0.526. The van der Waals surface area contributed by atoms with Crippen LogP contribution >= 0.6 is 0 Å². The number of hydrogen-bond donors (Lipinski definition) is 0. The Morgan fingerprint density at radius 2 is 0.577 bits per heavy atom. The summed E-state index contributed by atoms with van der Waals surface area (Å²) in [5, 5.41) is 0. The Morgan fingerprint density at radius 3 is 0.923 bits per heavy atom. The van der Waals surface area contributed by atoms with Gasteiger partial charge in [0.1, 0.15) is 0 Å². The second-order valence-corrected chi connectivity index (χ2v) is 7.92. The van der Waals surface area contributed by atoms with Crippen molar-refractivity contribution in [1.82, 2.24) is 0 Å². The molecule has 0 aromatic carbocycles. The van der Waals surface area contributed by atoms with E-state index in [1.54, 1.807) is 0 Å². The zero-order valence-corrected chi connectivity index (χ0v) is 18.0. The molecule has 0 heteroatoms. The molecule has 0 aromatic rings. The van der Waals surface area contributed by atoms with Gasteiger partial charge in [0.2, 0.25) is 0 Å². The lowest BCUT2D eigenvalue weighted by Crippen LogP contribution is -1.84. The molecule has 0 rings (SSSR count). The highest BCUT2D eigenvalue weighted by molar-refractivity contribution is 4.98. The molecule has 2 radical (unpaired) electrons. The Hall–Kier alpha value is -0.440. The molecule has 0 unspecified atom stereocenters. The van der Waals surface area contributed by atoms with Gasteiger partial charge in [-0.15, -0.1) is 11.8 Å². The first-order valence-corrected chi connectivity index (χ1v) is 12.0.